The van der Waals surface area contributed by atoms with Crippen LogP contribution < -0.4 is 10.6 Å². The standard InChI is InChI=1S/C21H18FN3O2/c1-13-7-8-14(2)18(11-13)25-21(27)19-12-15(9-10-23-19)20(26)24-17-6-4-3-5-16(17)22/h3-12H,1-2H3,(H,24,26)(H,25,27). The molecule has 2 N–H and O–H groups in total. The van der Waals surface area contributed by atoms with Crippen molar-refractivity contribution in [3.05, 3.63) is 89.0 Å². The maximum absolute atomic E-state index is 13.7. The van der Waals surface area contributed by atoms with Crippen LogP contribution in [0.15, 0.2) is 60.8 Å². The van der Waals surface area contributed by atoms with E-state index >= 15 is 0 Å². The predicted octanol–water partition coefficient (Wildman–Crippen LogP) is 4.34. The number of nitrogens with zero attached hydrogens (tertiary/aromatic N) is 1. The molecular weight excluding hydrogens is 345 g/mol. The van der Waals surface area contributed by atoms with E-state index in [-0.39, 0.29) is 16.9 Å². The largest absolute Gasteiger partial charge is 0.320 e. The SMILES string of the molecule is Cc1ccc(C)c(NC(=O)c2cc(C(=O)Nc3ccccc3F)ccn2)c1. The summed E-state index contributed by atoms with van der Waals surface area (Å²) in [4.78, 5) is 28.9. The Labute approximate surface area is 156 Å². The number of benzene rings is 2. The first-order chi connectivity index (χ1) is 12.9. The zero-order chi connectivity index (χ0) is 19.4. The lowest BCUT2D eigenvalue weighted by Gasteiger charge is -2.10. The van der Waals surface area contributed by atoms with Crippen LogP contribution in [0.2, 0.25) is 0 Å². The Kier molecular flexibility index (Phi) is 5.26. The number of nitrogens with one attached hydrogen (secondary N) is 2. The monoisotopic (exact) mass is 363 g/mol. The van der Waals surface area contributed by atoms with Crippen molar-refractivity contribution in [2.24, 2.45) is 0 Å². The summed E-state index contributed by atoms with van der Waals surface area (Å²) in [5, 5.41) is 5.28. The number of hydrogen-bond acceptors (Lipinski definition) is 3. The summed E-state index contributed by atoms with van der Waals surface area (Å²) in [5.74, 6) is -1.49. The highest BCUT2D eigenvalue weighted by molar-refractivity contribution is 6.08. The second kappa shape index (κ2) is 7.78. The molecule has 6 heteroatoms. The van der Waals surface area contributed by atoms with Gasteiger partial charge in [-0.05, 0) is 55.3 Å². The Hall–Kier alpha value is -3.54. The molecule has 1 heterocycles. The Morgan fingerprint density at radius 2 is 1.63 bits per heavy atom. The van der Waals surface area contributed by atoms with Crippen molar-refractivity contribution in [2.75, 3.05) is 10.6 Å². The molecule has 0 aliphatic carbocycles. The summed E-state index contributed by atoms with van der Waals surface area (Å²) >= 11 is 0. The van der Waals surface area contributed by atoms with Gasteiger partial charge in [0.1, 0.15) is 11.5 Å². The van der Waals surface area contributed by atoms with E-state index in [2.05, 4.69) is 15.6 Å². The zero-order valence-corrected chi connectivity index (χ0v) is 14.9. The Morgan fingerprint density at radius 3 is 2.41 bits per heavy atom. The maximum Gasteiger partial charge on any atom is 0.274 e. The Balaban J connectivity index is 1.78. The van der Waals surface area contributed by atoms with Crippen molar-refractivity contribution in [1.29, 1.82) is 0 Å². The van der Waals surface area contributed by atoms with Gasteiger partial charge in [-0.1, -0.05) is 24.3 Å². The quantitative estimate of drug-likeness (QED) is 0.724. The fourth-order valence-corrected chi connectivity index (χ4v) is 2.51. The number of aryl methyl sites for hydroxylation is 2. The van der Waals surface area contributed by atoms with Gasteiger partial charge in [-0.2, -0.15) is 0 Å². The van der Waals surface area contributed by atoms with Crippen molar-refractivity contribution in [1.82, 2.24) is 4.98 Å². The third-order valence-corrected chi connectivity index (χ3v) is 4.02. The molecule has 0 aliphatic rings. The first kappa shape index (κ1) is 18.3. The number of amides is 2. The average Bonchev–Trinajstić information content (AvgIpc) is 2.66. The molecule has 0 fully saturated rings. The van der Waals surface area contributed by atoms with Gasteiger partial charge in [0.15, 0.2) is 0 Å². The van der Waals surface area contributed by atoms with Gasteiger partial charge in [0.25, 0.3) is 11.8 Å². The van der Waals surface area contributed by atoms with Crippen molar-refractivity contribution in [2.45, 2.75) is 13.8 Å². The highest BCUT2D eigenvalue weighted by Crippen LogP contribution is 2.18. The third-order valence-electron chi connectivity index (χ3n) is 4.02. The minimum Gasteiger partial charge on any atom is -0.320 e. The van der Waals surface area contributed by atoms with Crippen molar-refractivity contribution < 1.29 is 14.0 Å². The number of hydrogen-bond donors (Lipinski definition) is 2. The van der Waals surface area contributed by atoms with E-state index in [1.165, 1.54) is 36.5 Å². The smallest absolute Gasteiger partial charge is 0.274 e. The summed E-state index contributed by atoms with van der Waals surface area (Å²) in [6, 6.07) is 14.4. The second-order valence-electron chi connectivity index (χ2n) is 6.14. The fourth-order valence-electron chi connectivity index (χ4n) is 2.51. The Morgan fingerprint density at radius 1 is 0.889 bits per heavy atom. The lowest BCUT2D eigenvalue weighted by atomic mass is 10.1. The van der Waals surface area contributed by atoms with Gasteiger partial charge in [-0.3, -0.25) is 14.6 Å². The normalized spacial score (nSPS) is 10.3. The van der Waals surface area contributed by atoms with Gasteiger partial charge in [0.2, 0.25) is 0 Å². The molecule has 27 heavy (non-hydrogen) atoms. The molecule has 3 rings (SSSR count). The maximum atomic E-state index is 13.7. The lowest BCUT2D eigenvalue weighted by molar-refractivity contribution is 0.102. The first-order valence-electron chi connectivity index (χ1n) is 8.34. The van der Waals surface area contributed by atoms with Crippen LogP contribution in [-0.4, -0.2) is 16.8 Å². The molecule has 0 saturated carbocycles. The molecule has 3 aromatic rings. The van der Waals surface area contributed by atoms with Gasteiger partial charge in [-0.15, -0.1) is 0 Å². The number of pyridine rings is 1. The van der Waals surface area contributed by atoms with Crippen LogP contribution in [0.4, 0.5) is 15.8 Å². The Bertz CT molecular complexity index is 1020. The molecule has 5 nitrogen and oxygen atoms in total. The van der Waals surface area contributed by atoms with Gasteiger partial charge in [0.05, 0.1) is 5.69 Å². The fraction of sp³-hybridized carbons (Fsp3) is 0.0952. The molecule has 0 atom stereocenters. The number of para-hydroxylation sites is 1. The van der Waals surface area contributed by atoms with Crippen molar-refractivity contribution in [3.8, 4) is 0 Å². The predicted molar refractivity (Wildman–Crippen MR) is 102 cm³/mol. The van der Waals surface area contributed by atoms with Crippen LogP contribution in [0.5, 0.6) is 0 Å². The van der Waals surface area contributed by atoms with Crippen LogP contribution in [0.1, 0.15) is 32.0 Å². The molecule has 0 aliphatic heterocycles. The van der Waals surface area contributed by atoms with Gasteiger partial charge in [0, 0.05) is 17.4 Å². The second-order valence-corrected chi connectivity index (χ2v) is 6.14. The number of carbonyl (C=O) groups is 2. The molecule has 0 unspecified atom stereocenters. The van der Waals surface area contributed by atoms with Crippen LogP contribution in [0.3, 0.4) is 0 Å². The van der Waals surface area contributed by atoms with E-state index < -0.39 is 17.6 Å². The van der Waals surface area contributed by atoms with E-state index in [9.17, 15) is 14.0 Å². The highest BCUT2D eigenvalue weighted by atomic mass is 19.1. The minimum atomic E-state index is -0.534. The summed E-state index contributed by atoms with van der Waals surface area (Å²) in [6.45, 7) is 3.82. The molecular formula is C21H18FN3O2. The molecule has 2 aromatic carbocycles. The lowest BCUT2D eigenvalue weighted by Crippen LogP contribution is -2.17. The topological polar surface area (TPSA) is 71.1 Å². The van der Waals surface area contributed by atoms with Crippen LogP contribution in [-0.2, 0) is 0 Å². The van der Waals surface area contributed by atoms with E-state index in [1.54, 1.807) is 6.07 Å². The van der Waals surface area contributed by atoms with E-state index in [1.807, 2.05) is 32.0 Å². The summed E-state index contributed by atoms with van der Waals surface area (Å²) in [6.07, 6.45) is 1.37. The molecule has 2 amide bonds. The highest BCUT2D eigenvalue weighted by Gasteiger charge is 2.14. The average molecular weight is 363 g/mol. The minimum absolute atomic E-state index is 0.0701. The number of carbonyl (C=O) groups excluding carboxylic acids is 2. The summed E-state index contributed by atoms with van der Waals surface area (Å²) < 4.78 is 13.7. The van der Waals surface area contributed by atoms with Gasteiger partial charge >= 0.3 is 0 Å². The van der Waals surface area contributed by atoms with Crippen LogP contribution >= 0.6 is 0 Å². The summed E-state index contributed by atoms with van der Waals surface area (Å²) in [7, 11) is 0. The molecule has 0 bridgehead atoms. The van der Waals surface area contributed by atoms with Gasteiger partial charge < -0.3 is 10.6 Å². The molecule has 1 aromatic heterocycles. The molecule has 0 radical (unpaired) electrons. The molecule has 136 valence electrons. The van der Waals surface area contributed by atoms with Gasteiger partial charge in [-0.25, -0.2) is 4.39 Å². The third kappa shape index (κ3) is 4.36. The van der Waals surface area contributed by atoms with Crippen LogP contribution in [0, 0.1) is 19.7 Å². The zero-order valence-electron chi connectivity index (χ0n) is 14.9. The van der Waals surface area contributed by atoms with E-state index in [0.717, 1.165) is 11.1 Å². The van der Waals surface area contributed by atoms with Crippen molar-refractivity contribution in [3.63, 3.8) is 0 Å². The van der Waals surface area contributed by atoms with Crippen molar-refractivity contribution >= 4 is 23.2 Å². The number of aromatic nitrogens is 1. The molecule has 0 saturated heterocycles. The van der Waals surface area contributed by atoms with Crippen LogP contribution in [0.25, 0.3) is 0 Å². The van der Waals surface area contributed by atoms with E-state index in [4.69, 9.17) is 0 Å². The van der Waals surface area contributed by atoms with E-state index in [0.29, 0.717) is 5.69 Å². The number of anilines is 2. The number of rotatable bonds is 4. The summed E-state index contributed by atoms with van der Waals surface area (Å²) in [5.41, 5.74) is 2.99. The number of halogens is 1. The molecule has 0 spiro atoms. The first-order valence-corrected chi connectivity index (χ1v) is 8.34.